The number of aliphatic hydroxyl groups excluding tert-OH is 2. The topological polar surface area (TPSA) is 81.0 Å². The number of carboxylic acids is 1. The molecule has 0 saturated heterocycles. The molecule has 1 atom stereocenters. The van der Waals surface area contributed by atoms with Gasteiger partial charge in [-0.15, -0.1) is 0 Å². The Morgan fingerprint density at radius 2 is 1.94 bits per heavy atom. The summed E-state index contributed by atoms with van der Waals surface area (Å²) in [5.41, 5.74) is 0.912. The summed E-state index contributed by atoms with van der Waals surface area (Å²) in [6.45, 7) is 0.524. The Labute approximate surface area is 106 Å². The van der Waals surface area contributed by atoms with Crippen LogP contribution in [0.15, 0.2) is 30.3 Å². The van der Waals surface area contributed by atoms with Gasteiger partial charge in [-0.3, -0.25) is 4.79 Å². The maximum atomic E-state index is 10.5. The van der Waals surface area contributed by atoms with Gasteiger partial charge in [0.2, 0.25) is 0 Å². The van der Waals surface area contributed by atoms with Gasteiger partial charge in [-0.05, 0) is 18.6 Å². The summed E-state index contributed by atoms with van der Waals surface area (Å²) in [5.74, 6) is -0.828. The van der Waals surface area contributed by atoms with Gasteiger partial charge in [0.25, 0.3) is 0 Å². The zero-order valence-corrected chi connectivity index (χ0v) is 10.2. The van der Waals surface area contributed by atoms with Crippen LogP contribution in [0, 0.1) is 0 Å². The predicted octanol–water partition coefficient (Wildman–Crippen LogP) is 0.711. The number of nitrogens with zero attached hydrogens (tertiary/aromatic N) is 1. The summed E-state index contributed by atoms with van der Waals surface area (Å²) in [7, 11) is 0. The van der Waals surface area contributed by atoms with Gasteiger partial charge in [0.05, 0.1) is 12.7 Å². The molecule has 3 N–H and O–H groups in total. The highest BCUT2D eigenvalue weighted by Crippen LogP contribution is 2.14. The monoisotopic (exact) mass is 253 g/mol. The van der Waals surface area contributed by atoms with E-state index >= 15 is 0 Å². The average molecular weight is 253 g/mol. The van der Waals surface area contributed by atoms with Crippen LogP contribution < -0.4 is 4.90 Å². The molecule has 100 valence electrons. The fourth-order valence-corrected chi connectivity index (χ4v) is 1.70. The van der Waals surface area contributed by atoms with Crippen LogP contribution in [0.1, 0.15) is 12.8 Å². The number of hydrogen-bond acceptors (Lipinski definition) is 4. The van der Waals surface area contributed by atoms with Crippen LogP contribution in [0.2, 0.25) is 0 Å². The first kappa shape index (κ1) is 14.5. The van der Waals surface area contributed by atoms with Gasteiger partial charge < -0.3 is 20.2 Å². The molecular weight excluding hydrogens is 234 g/mol. The number of aliphatic hydroxyl groups is 2. The third-order valence-electron chi connectivity index (χ3n) is 2.58. The molecule has 0 amide bonds. The van der Waals surface area contributed by atoms with Crippen LogP contribution in [0.3, 0.4) is 0 Å². The summed E-state index contributed by atoms with van der Waals surface area (Å²) in [6, 6.07) is 9.44. The van der Waals surface area contributed by atoms with E-state index in [1.807, 2.05) is 35.2 Å². The van der Waals surface area contributed by atoms with Crippen molar-refractivity contribution in [3.8, 4) is 0 Å². The lowest BCUT2D eigenvalue weighted by Gasteiger charge is -2.26. The van der Waals surface area contributed by atoms with E-state index in [1.54, 1.807) is 0 Å². The lowest BCUT2D eigenvalue weighted by molar-refractivity contribution is -0.137. The lowest BCUT2D eigenvalue weighted by atomic mass is 10.2. The number of hydrogen-bond donors (Lipinski definition) is 3. The number of aliphatic carboxylic acids is 1. The van der Waals surface area contributed by atoms with Gasteiger partial charge in [0, 0.05) is 25.2 Å². The van der Waals surface area contributed by atoms with E-state index in [4.69, 9.17) is 10.2 Å². The molecule has 1 rings (SSSR count). The van der Waals surface area contributed by atoms with Crippen molar-refractivity contribution in [1.29, 1.82) is 0 Å². The first-order chi connectivity index (χ1) is 8.63. The summed E-state index contributed by atoms with van der Waals surface area (Å²) in [6.07, 6.45) is -0.226. The van der Waals surface area contributed by atoms with Crippen LogP contribution in [-0.2, 0) is 4.79 Å². The smallest absolute Gasteiger partial charge is 0.303 e. The molecule has 18 heavy (non-hydrogen) atoms. The number of carbonyl (C=O) groups is 1. The summed E-state index contributed by atoms with van der Waals surface area (Å²) in [4.78, 5) is 12.4. The molecule has 1 aromatic carbocycles. The van der Waals surface area contributed by atoms with Crippen molar-refractivity contribution >= 4 is 11.7 Å². The van der Waals surface area contributed by atoms with Crippen LogP contribution >= 0.6 is 0 Å². The molecule has 1 unspecified atom stereocenters. The molecule has 0 bridgehead atoms. The Kier molecular flexibility index (Phi) is 6.18. The zero-order valence-electron chi connectivity index (χ0n) is 10.2. The van der Waals surface area contributed by atoms with Gasteiger partial charge in [0.1, 0.15) is 0 Å². The maximum absolute atomic E-state index is 10.5. The molecule has 0 aliphatic rings. The van der Waals surface area contributed by atoms with Gasteiger partial charge >= 0.3 is 5.97 Å². The minimum absolute atomic E-state index is 0.0958. The molecule has 0 saturated carbocycles. The molecule has 5 nitrogen and oxygen atoms in total. The SMILES string of the molecule is O=C(O)CCCN(CC(O)CO)c1ccccc1. The molecule has 1 aromatic rings. The molecule has 0 radical (unpaired) electrons. The van der Waals surface area contributed by atoms with E-state index in [0.717, 1.165) is 5.69 Å². The summed E-state index contributed by atoms with van der Waals surface area (Å²) >= 11 is 0. The highest BCUT2D eigenvalue weighted by molar-refractivity contribution is 5.66. The molecule has 0 fully saturated rings. The largest absolute Gasteiger partial charge is 0.481 e. The third kappa shape index (κ3) is 5.16. The quantitative estimate of drug-likeness (QED) is 0.636. The molecule has 0 spiro atoms. The van der Waals surface area contributed by atoms with Gasteiger partial charge in [-0.2, -0.15) is 0 Å². The van der Waals surface area contributed by atoms with Crippen LogP contribution in [-0.4, -0.2) is 47.1 Å². The second kappa shape index (κ2) is 7.68. The normalized spacial score (nSPS) is 12.1. The summed E-state index contributed by atoms with van der Waals surface area (Å²) < 4.78 is 0. The van der Waals surface area contributed by atoms with Crippen molar-refractivity contribution in [2.75, 3.05) is 24.6 Å². The standard InChI is InChI=1S/C13H19NO4/c15-10-12(16)9-14(8-4-7-13(17)18)11-5-2-1-3-6-11/h1-3,5-6,12,15-16H,4,7-10H2,(H,17,18). The minimum atomic E-state index is -0.828. The van der Waals surface area contributed by atoms with Crippen molar-refractivity contribution in [2.45, 2.75) is 18.9 Å². The van der Waals surface area contributed by atoms with Gasteiger partial charge in [-0.1, -0.05) is 18.2 Å². The highest BCUT2D eigenvalue weighted by Gasteiger charge is 2.12. The molecular formula is C13H19NO4. The second-order valence-corrected chi connectivity index (χ2v) is 4.12. The van der Waals surface area contributed by atoms with Crippen molar-refractivity contribution in [3.05, 3.63) is 30.3 Å². The van der Waals surface area contributed by atoms with E-state index in [2.05, 4.69) is 0 Å². The average Bonchev–Trinajstić information content (AvgIpc) is 2.38. The molecule has 0 aliphatic carbocycles. The van der Waals surface area contributed by atoms with Crippen molar-refractivity contribution < 1.29 is 20.1 Å². The zero-order chi connectivity index (χ0) is 13.4. The van der Waals surface area contributed by atoms with Gasteiger partial charge in [-0.25, -0.2) is 0 Å². The molecule has 0 aromatic heterocycles. The highest BCUT2D eigenvalue weighted by atomic mass is 16.4. The number of rotatable bonds is 8. The van der Waals surface area contributed by atoms with Crippen LogP contribution in [0.5, 0.6) is 0 Å². The Morgan fingerprint density at radius 3 is 2.50 bits per heavy atom. The van der Waals surface area contributed by atoms with E-state index in [-0.39, 0.29) is 13.0 Å². The van der Waals surface area contributed by atoms with Crippen molar-refractivity contribution in [1.82, 2.24) is 0 Å². The molecule has 0 aliphatic heterocycles. The first-order valence-corrected chi connectivity index (χ1v) is 5.94. The third-order valence-corrected chi connectivity index (χ3v) is 2.58. The first-order valence-electron chi connectivity index (χ1n) is 5.94. The minimum Gasteiger partial charge on any atom is -0.481 e. The Morgan fingerprint density at radius 1 is 1.28 bits per heavy atom. The van der Waals surface area contributed by atoms with Gasteiger partial charge in [0.15, 0.2) is 0 Å². The van der Waals surface area contributed by atoms with Crippen LogP contribution in [0.25, 0.3) is 0 Å². The Bertz CT molecular complexity index is 355. The Hall–Kier alpha value is -1.59. The van der Waals surface area contributed by atoms with E-state index in [9.17, 15) is 9.90 Å². The van der Waals surface area contributed by atoms with Crippen LogP contribution in [0.4, 0.5) is 5.69 Å². The fourth-order valence-electron chi connectivity index (χ4n) is 1.70. The fraction of sp³-hybridized carbons (Fsp3) is 0.462. The van der Waals surface area contributed by atoms with E-state index in [0.29, 0.717) is 19.5 Å². The number of anilines is 1. The lowest BCUT2D eigenvalue weighted by Crippen LogP contribution is -2.35. The van der Waals surface area contributed by atoms with Crippen molar-refractivity contribution in [3.63, 3.8) is 0 Å². The summed E-state index contributed by atoms with van der Waals surface area (Å²) in [5, 5.41) is 27.0. The second-order valence-electron chi connectivity index (χ2n) is 4.12. The molecule has 0 heterocycles. The number of benzene rings is 1. The van der Waals surface area contributed by atoms with E-state index in [1.165, 1.54) is 0 Å². The number of para-hydroxylation sites is 1. The van der Waals surface area contributed by atoms with E-state index < -0.39 is 12.1 Å². The Balaban J connectivity index is 2.60. The molecule has 5 heteroatoms. The number of carboxylic acid groups (broad SMARTS) is 1. The predicted molar refractivity (Wildman–Crippen MR) is 68.6 cm³/mol. The van der Waals surface area contributed by atoms with Crippen molar-refractivity contribution in [2.24, 2.45) is 0 Å². The maximum Gasteiger partial charge on any atom is 0.303 e.